The van der Waals surface area contributed by atoms with E-state index in [1.54, 1.807) is 0 Å². The second-order valence-corrected chi connectivity index (χ2v) is 6.71. The first-order valence-corrected chi connectivity index (χ1v) is 7.75. The molecule has 1 atom stereocenters. The van der Waals surface area contributed by atoms with Crippen LogP contribution in [-0.2, 0) is 0 Å². The normalized spacial score (nSPS) is 26.3. The van der Waals surface area contributed by atoms with Gasteiger partial charge in [-0.3, -0.25) is 0 Å². The number of benzene rings is 1. The molecule has 1 saturated carbocycles. The van der Waals surface area contributed by atoms with Crippen molar-refractivity contribution in [1.82, 2.24) is 0 Å². The van der Waals surface area contributed by atoms with Crippen molar-refractivity contribution in [2.24, 2.45) is 11.8 Å². The van der Waals surface area contributed by atoms with Crippen molar-refractivity contribution in [2.75, 3.05) is 0 Å². The highest BCUT2D eigenvalue weighted by Crippen LogP contribution is 2.40. The zero-order valence-electron chi connectivity index (χ0n) is 11.8. The molecule has 1 aromatic carbocycles. The van der Waals surface area contributed by atoms with E-state index in [2.05, 4.69) is 45.0 Å². The summed E-state index contributed by atoms with van der Waals surface area (Å²) in [4.78, 5) is 0. The Morgan fingerprint density at radius 2 is 1.44 bits per heavy atom. The molecule has 1 aliphatic rings. The van der Waals surface area contributed by atoms with Crippen LogP contribution < -0.4 is 0 Å². The maximum Gasteiger partial charge on any atom is 0.0613 e. The van der Waals surface area contributed by atoms with Gasteiger partial charge in [-0.2, -0.15) is 0 Å². The second kappa shape index (κ2) is 6.10. The van der Waals surface area contributed by atoms with Crippen LogP contribution in [0.4, 0.5) is 0 Å². The molecule has 0 aromatic heterocycles. The summed E-state index contributed by atoms with van der Waals surface area (Å²) in [5.41, 5.74) is 2.71. The third-order valence-corrected chi connectivity index (χ3v) is 5.00. The van der Waals surface area contributed by atoms with Crippen molar-refractivity contribution in [2.45, 2.75) is 57.7 Å². The SMILES string of the molecule is CC1CCC(C(Cl)c2ccc(C(C)C)cc2)CC1. The van der Waals surface area contributed by atoms with Crippen molar-refractivity contribution in [3.8, 4) is 0 Å². The molecule has 0 amide bonds. The third-order valence-electron chi connectivity index (χ3n) is 4.40. The largest absolute Gasteiger partial charge is 0.118 e. The fraction of sp³-hybridized carbons (Fsp3) is 0.647. The Kier molecular flexibility index (Phi) is 4.72. The van der Waals surface area contributed by atoms with Gasteiger partial charge in [0.05, 0.1) is 5.38 Å². The zero-order chi connectivity index (χ0) is 13.1. The molecule has 0 spiro atoms. The van der Waals surface area contributed by atoms with Gasteiger partial charge in [-0.15, -0.1) is 11.6 Å². The van der Waals surface area contributed by atoms with Gasteiger partial charge in [-0.05, 0) is 41.7 Å². The van der Waals surface area contributed by atoms with Crippen molar-refractivity contribution in [1.29, 1.82) is 0 Å². The average molecular weight is 265 g/mol. The summed E-state index contributed by atoms with van der Waals surface area (Å²) in [7, 11) is 0. The van der Waals surface area contributed by atoms with Gasteiger partial charge >= 0.3 is 0 Å². The summed E-state index contributed by atoms with van der Waals surface area (Å²) in [6, 6.07) is 8.93. The Labute approximate surface area is 117 Å². The number of hydrogen-bond donors (Lipinski definition) is 0. The molecule has 1 unspecified atom stereocenters. The summed E-state index contributed by atoms with van der Waals surface area (Å²) < 4.78 is 0. The molecule has 18 heavy (non-hydrogen) atoms. The predicted octanol–water partition coefficient (Wildman–Crippen LogP) is 5.92. The molecular formula is C17H25Cl. The first kappa shape index (κ1) is 13.9. The molecule has 0 nitrogen and oxygen atoms in total. The maximum atomic E-state index is 6.66. The fourth-order valence-corrected chi connectivity index (χ4v) is 3.31. The molecule has 1 aromatic rings. The van der Waals surface area contributed by atoms with E-state index < -0.39 is 0 Å². The van der Waals surface area contributed by atoms with E-state index in [-0.39, 0.29) is 5.38 Å². The molecule has 0 radical (unpaired) electrons. The first-order chi connectivity index (χ1) is 8.58. The van der Waals surface area contributed by atoms with Crippen LogP contribution in [0.25, 0.3) is 0 Å². The molecule has 1 heteroatoms. The van der Waals surface area contributed by atoms with Crippen LogP contribution >= 0.6 is 11.6 Å². The smallest absolute Gasteiger partial charge is 0.0613 e. The van der Waals surface area contributed by atoms with Crippen molar-refractivity contribution in [3.63, 3.8) is 0 Å². The molecule has 0 heterocycles. The van der Waals surface area contributed by atoms with Crippen LogP contribution in [0, 0.1) is 11.8 Å². The fourth-order valence-electron chi connectivity index (χ4n) is 2.92. The van der Waals surface area contributed by atoms with E-state index in [0.29, 0.717) is 11.8 Å². The highest BCUT2D eigenvalue weighted by molar-refractivity contribution is 6.21. The predicted molar refractivity (Wildman–Crippen MR) is 80.2 cm³/mol. The lowest BCUT2D eigenvalue weighted by atomic mass is 9.79. The Balaban J connectivity index is 2.02. The van der Waals surface area contributed by atoms with Crippen molar-refractivity contribution < 1.29 is 0 Å². The summed E-state index contributed by atoms with van der Waals surface area (Å²) >= 11 is 6.66. The minimum absolute atomic E-state index is 0.207. The molecule has 0 N–H and O–H groups in total. The minimum Gasteiger partial charge on any atom is -0.118 e. The standard InChI is InChI=1S/C17H25Cl/c1-12(2)14-8-10-16(11-9-14)17(18)15-6-4-13(3)5-7-15/h8-13,15,17H,4-7H2,1-3H3. The van der Waals surface area contributed by atoms with E-state index in [4.69, 9.17) is 11.6 Å². The topological polar surface area (TPSA) is 0 Å². The van der Waals surface area contributed by atoms with Gasteiger partial charge in [0.25, 0.3) is 0 Å². The van der Waals surface area contributed by atoms with Gasteiger partial charge in [0.1, 0.15) is 0 Å². The maximum absolute atomic E-state index is 6.66. The van der Waals surface area contributed by atoms with E-state index in [1.807, 2.05) is 0 Å². The zero-order valence-corrected chi connectivity index (χ0v) is 12.6. The van der Waals surface area contributed by atoms with E-state index in [0.717, 1.165) is 5.92 Å². The molecule has 2 rings (SSSR count). The van der Waals surface area contributed by atoms with Crippen LogP contribution in [0.3, 0.4) is 0 Å². The monoisotopic (exact) mass is 264 g/mol. The second-order valence-electron chi connectivity index (χ2n) is 6.24. The molecule has 0 bridgehead atoms. The first-order valence-electron chi connectivity index (χ1n) is 7.32. The Morgan fingerprint density at radius 1 is 0.944 bits per heavy atom. The summed E-state index contributed by atoms with van der Waals surface area (Å²) in [5.74, 6) is 2.17. The Bertz CT molecular complexity index is 358. The van der Waals surface area contributed by atoms with E-state index in [9.17, 15) is 0 Å². The molecule has 1 aliphatic carbocycles. The van der Waals surface area contributed by atoms with Crippen LogP contribution in [0.1, 0.15) is 68.9 Å². The summed E-state index contributed by atoms with van der Waals surface area (Å²) in [6.07, 6.45) is 5.28. The Hall–Kier alpha value is -0.490. The number of halogens is 1. The van der Waals surface area contributed by atoms with Gasteiger partial charge in [0, 0.05) is 0 Å². The number of alkyl halides is 1. The lowest BCUT2D eigenvalue weighted by Crippen LogP contribution is -2.16. The number of rotatable bonds is 3. The van der Waals surface area contributed by atoms with E-state index in [1.165, 1.54) is 36.8 Å². The molecule has 1 fully saturated rings. The summed E-state index contributed by atoms with van der Waals surface area (Å²) in [6.45, 7) is 6.82. The van der Waals surface area contributed by atoms with Gasteiger partial charge < -0.3 is 0 Å². The molecule has 0 aliphatic heterocycles. The lowest BCUT2D eigenvalue weighted by Gasteiger charge is -2.29. The number of hydrogen-bond acceptors (Lipinski definition) is 0. The molecule has 0 saturated heterocycles. The van der Waals surface area contributed by atoms with Crippen molar-refractivity contribution in [3.05, 3.63) is 35.4 Å². The summed E-state index contributed by atoms with van der Waals surface area (Å²) in [5, 5.41) is 0.207. The van der Waals surface area contributed by atoms with E-state index >= 15 is 0 Å². The Morgan fingerprint density at radius 3 is 1.94 bits per heavy atom. The highest BCUT2D eigenvalue weighted by Gasteiger charge is 2.25. The van der Waals surface area contributed by atoms with Gasteiger partial charge in [0.15, 0.2) is 0 Å². The van der Waals surface area contributed by atoms with Crippen LogP contribution in [-0.4, -0.2) is 0 Å². The molecule has 100 valence electrons. The van der Waals surface area contributed by atoms with Gasteiger partial charge in [-0.25, -0.2) is 0 Å². The quantitative estimate of drug-likeness (QED) is 0.595. The van der Waals surface area contributed by atoms with Crippen molar-refractivity contribution >= 4 is 11.6 Å². The van der Waals surface area contributed by atoms with Gasteiger partial charge in [0.2, 0.25) is 0 Å². The average Bonchev–Trinajstić information content (AvgIpc) is 2.39. The minimum atomic E-state index is 0.207. The third kappa shape index (κ3) is 3.29. The molecular weight excluding hydrogens is 240 g/mol. The van der Waals surface area contributed by atoms with Crippen LogP contribution in [0.15, 0.2) is 24.3 Å². The van der Waals surface area contributed by atoms with Crippen LogP contribution in [0.5, 0.6) is 0 Å². The highest BCUT2D eigenvalue weighted by atomic mass is 35.5. The lowest BCUT2D eigenvalue weighted by molar-refractivity contribution is 0.283. The van der Waals surface area contributed by atoms with Crippen LogP contribution in [0.2, 0.25) is 0 Å². The van der Waals surface area contributed by atoms with Gasteiger partial charge in [-0.1, -0.05) is 57.9 Å².